The van der Waals surface area contributed by atoms with Gasteiger partial charge in [-0.25, -0.2) is 4.39 Å². The van der Waals surface area contributed by atoms with Gasteiger partial charge < -0.3 is 14.9 Å². The fourth-order valence-electron chi connectivity index (χ4n) is 1.88. The topological polar surface area (TPSA) is 48.4 Å². The lowest BCUT2D eigenvalue weighted by molar-refractivity contribution is 0.383. The molecule has 96 valence electrons. The first kappa shape index (κ1) is 12.6. The van der Waals surface area contributed by atoms with Crippen molar-refractivity contribution in [3.05, 3.63) is 53.2 Å². The molecule has 0 aliphatic heterocycles. The van der Waals surface area contributed by atoms with Crippen LogP contribution in [0.25, 0.3) is 0 Å². The first-order valence-electron chi connectivity index (χ1n) is 5.74. The molecule has 0 radical (unpaired) electrons. The predicted molar refractivity (Wildman–Crippen MR) is 67.0 cm³/mol. The Balaban J connectivity index is 2.19. The van der Waals surface area contributed by atoms with Gasteiger partial charge in [0.05, 0.1) is 13.4 Å². The van der Waals surface area contributed by atoms with E-state index in [1.54, 1.807) is 24.5 Å². The fourth-order valence-corrected chi connectivity index (χ4v) is 1.88. The SMILES string of the molecule is COc1cccc(CC(N)c2coc(C)c2)c1F. The number of halogens is 1. The van der Waals surface area contributed by atoms with Gasteiger partial charge in [0, 0.05) is 11.6 Å². The first-order chi connectivity index (χ1) is 8.61. The zero-order chi connectivity index (χ0) is 13.1. The van der Waals surface area contributed by atoms with Crippen molar-refractivity contribution >= 4 is 0 Å². The first-order valence-corrected chi connectivity index (χ1v) is 5.74. The summed E-state index contributed by atoms with van der Waals surface area (Å²) in [5.74, 6) is 0.685. The van der Waals surface area contributed by atoms with Crippen molar-refractivity contribution < 1.29 is 13.5 Å². The number of hydrogen-bond donors (Lipinski definition) is 1. The minimum atomic E-state index is -0.351. The lowest BCUT2D eigenvalue weighted by Crippen LogP contribution is -2.13. The number of ether oxygens (including phenoxy) is 1. The van der Waals surface area contributed by atoms with E-state index in [1.807, 2.05) is 13.0 Å². The quantitative estimate of drug-likeness (QED) is 0.906. The maximum Gasteiger partial charge on any atom is 0.168 e. The van der Waals surface area contributed by atoms with Gasteiger partial charge in [-0.1, -0.05) is 12.1 Å². The number of rotatable bonds is 4. The normalized spacial score (nSPS) is 12.4. The largest absolute Gasteiger partial charge is 0.494 e. The molecule has 0 saturated heterocycles. The molecule has 0 spiro atoms. The molecule has 0 aliphatic rings. The van der Waals surface area contributed by atoms with E-state index in [2.05, 4.69) is 0 Å². The Bertz CT molecular complexity index is 536. The summed E-state index contributed by atoms with van der Waals surface area (Å²) in [6, 6.07) is 6.63. The van der Waals surface area contributed by atoms with Gasteiger partial charge in [0.1, 0.15) is 5.76 Å². The third kappa shape index (κ3) is 2.54. The molecular formula is C14H16FNO2. The summed E-state index contributed by atoms with van der Waals surface area (Å²) >= 11 is 0. The smallest absolute Gasteiger partial charge is 0.168 e. The second-order valence-electron chi connectivity index (χ2n) is 4.23. The van der Waals surface area contributed by atoms with Gasteiger partial charge in [0.2, 0.25) is 0 Å². The van der Waals surface area contributed by atoms with Gasteiger partial charge in [-0.15, -0.1) is 0 Å². The van der Waals surface area contributed by atoms with Crippen LogP contribution in [0.3, 0.4) is 0 Å². The molecular weight excluding hydrogens is 233 g/mol. The average molecular weight is 249 g/mol. The highest BCUT2D eigenvalue weighted by Crippen LogP contribution is 2.24. The molecule has 0 fully saturated rings. The van der Waals surface area contributed by atoms with Crippen LogP contribution in [0.4, 0.5) is 4.39 Å². The summed E-state index contributed by atoms with van der Waals surface area (Å²) in [5.41, 5.74) is 7.45. The average Bonchev–Trinajstić information content (AvgIpc) is 2.78. The Kier molecular flexibility index (Phi) is 3.67. The lowest BCUT2D eigenvalue weighted by Gasteiger charge is -2.11. The third-order valence-corrected chi connectivity index (χ3v) is 2.88. The molecule has 0 bridgehead atoms. The van der Waals surface area contributed by atoms with Crippen molar-refractivity contribution in [1.29, 1.82) is 0 Å². The minimum absolute atomic E-state index is 0.239. The van der Waals surface area contributed by atoms with E-state index < -0.39 is 0 Å². The van der Waals surface area contributed by atoms with Crippen molar-refractivity contribution in [2.24, 2.45) is 5.73 Å². The molecule has 1 heterocycles. The van der Waals surface area contributed by atoms with Crippen LogP contribution in [-0.2, 0) is 6.42 Å². The lowest BCUT2D eigenvalue weighted by atomic mass is 10.0. The third-order valence-electron chi connectivity index (χ3n) is 2.88. The van der Waals surface area contributed by atoms with Crippen LogP contribution in [0.5, 0.6) is 5.75 Å². The summed E-state index contributed by atoms with van der Waals surface area (Å²) in [6.07, 6.45) is 2.01. The predicted octanol–water partition coefficient (Wildman–Crippen LogP) is 2.98. The van der Waals surface area contributed by atoms with Crippen molar-refractivity contribution in [3.8, 4) is 5.75 Å². The summed E-state index contributed by atoms with van der Waals surface area (Å²) in [4.78, 5) is 0. The standard InChI is InChI=1S/C14H16FNO2/c1-9-6-11(8-18-9)12(16)7-10-4-3-5-13(17-2)14(10)15/h3-6,8,12H,7,16H2,1-2H3. The zero-order valence-corrected chi connectivity index (χ0v) is 10.4. The van der Waals surface area contributed by atoms with Gasteiger partial charge in [0.25, 0.3) is 0 Å². The second kappa shape index (κ2) is 5.23. The van der Waals surface area contributed by atoms with E-state index in [-0.39, 0.29) is 17.6 Å². The van der Waals surface area contributed by atoms with E-state index >= 15 is 0 Å². The molecule has 2 rings (SSSR count). The van der Waals surface area contributed by atoms with Crippen molar-refractivity contribution in [3.63, 3.8) is 0 Å². The number of benzene rings is 1. The molecule has 0 aliphatic carbocycles. The van der Waals surface area contributed by atoms with Gasteiger partial charge in [-0.05, 0) is 31.0 Å². The highest BCUT2D eigenvalue weighted by Gasteiger charge is 2.14. The highest BCUT2D eigenvalue weighted by molar-refractivity contribution is 5.32. The molecule has 1 unspecified atom stereocenters. The fraction of sp³-hybridized carbons (Fsp3) is 0.286. The van der Waals surface area contributed by atoms with Gasteiger partial charge >= 0.3 is 0 Å². The molecule has 1 aromatic heterocycles. The molecule has 2 N–H and O–H groups in total. The molecule has 1 atom stereocenters. The van der Waals surface area contributed by atoms with E-state index in [9.17, 15) is 4.39 Å². The molecule has 4 heteroatoms. The second-order valence-corrected chi connectivity index (χ2v) is 4.23. The van der Waals surface area contributed by atoms with E-state index in [0.717, 1.165) is 11.3 Å². The maximum atomic E-state index is 14.0. The Morgan fingerprint density at radius 2 is 2.22 bits per heavy atom. The Morgan fingerprint density at radius 3 is 2.83 bits per heavy atom. The van der Waals surface area contributed by atoms with Crippen LogP contribution in [0.1, 0.15) is 22.9 Å². The maximum absolute atomic E-state index is 14.0. The summed E-state index contributed by atoms with van der Waals surface area (Å²) in [5, 5.41) is 0. The van der Waals surface area contributed by atoms with Crippen molar-refractivity contribution in [2.45, 2.75) is 19.4 Å². The highest BCUT2D eigenvalue weighted by atomic mass is 19.1. The zero-order valence-electron chi connectivity index (χ0n) is 10.4. The van der Waals surface area contributed by atoms with Crippen LogP contribution in [-0.4, -0.2) is 7.11 Å². The Morgan fingerprint density at radius 1 is 1.44 bits per heavy atom. The van der Waals surface area contributed by atoms with Crippen LogP contribution >= 0.6 is 0 Å². The Labute approximate surface area is 105 Å². The molecule has 2 aromatic rings. The summed E-state index contributed by atoms with van der Waals surface area (Å²) < 4.78 is 24.1. The van der Waals surface area contributed by atoms with Crippen LogP contribution < -0.4 is 10.5 Å². The van der Waals surface area contributed by atoms with Gasteiger partial charge in [0.15, 0.2) is 11.6 Å². The number of furan rings is 1. The van der Waals surface area contributed by atoms with Crippen LogP contribution in [0, 0.1) is 12.7 Å². The molecule has 0 amide bonds. The van der Waals surface area contributed by atoms with E-state index in [4.69, 9.17) is 14.9 Å². The molecule has 3 nitrogen and oxygen atoms in total. The summed E-state index contributed by atoms with van der Waals surface area (Å²) in [7, 11) is 1.45. The van der Waals surface area contributed by atoms with Crippen LogP contribution in [0.15, 0.2) is 34.9 Å². The van der Waals surface area contributed by atoms with E-state index in [1.165, 1.54) is 7.11 Å². The number of hydrogen-bond acceptors (Lipinski definition) is 3. The van der Waals surface area contributed by atoms with Crippen LogP contribution in [0.2, 0.25) is 0 Å². The summed E-state index contributed by atoms with van der Waals surface area (Å²) in [6.45, 7) is 1.85. The van der Waals surface area contributed by atoms with Crippen molar-refractivity contribution in [2.75, 3.05) is 7.11 Å². The van der Waals surface area contributed by atoms with Gasteiger partial charge in [-0.3, -0.25) is 0 Å². The Hall–Kier alpha value is -1.81. The molecule has 18 heavy (non-hydrogen) atoms. The number of methoxy groups -OCH3 is 1. The van der Waals surface area contributed by atoms with Crippen molar-refractivity contribution in [1.82, 2.24) is 0 Å². The molecule has 0 saturated carbocycles. The van der Waals surface area contributed by atoms with E-state index in [0.29, 0.717) is 12.0 Å². The minimum Gasteiger partial charge on any atom is -0.494 e. The number of nitrogens with two attached hydrogens (primary N) is 1. The molecule has 1 aromatic carbocycles. The van der Waals surface area contributed by atoms with Gasteiger partial charge in [-0.2, -0.15) is 0 Å². The monoisotopic (exact) mass is 249 g/mol. The number of aryl methyl sites for hydroxylation is 1.